The molecule has 0 aromatic heterocycles. The molecule has 0 unspecified atom stereocenters. The number of nitriles is 1. The van der Waals surface area contributed by atoms with Crippen LogP contribution in [0.25, 0.3) is 0 Å². The van der Waals surface area contributed by atoms with Crippen LogP contribution in [-0.2, 0) is 11.3 Å². The number of rotatable bonds is 6. The van der Waals surface area contributed by atoms with Gasteiger partial charge in [-0.3, -0.25) is 4.79 Å². The molecule has 0 bridgehead atoms. The number of carbonyl (C=O) groups excluding carboxylic acids is 1. The van der Waals surface area contributed by atoms with Gasteiger partial charge in [-0.2, -0.15) is 5.26 Å². The predicted molar refractivity (Wildman–Crippen MR) is 86.1 cm³/mol. The van der Waals surface area contributed by atoms with Crippen LogP contribution >= 0.6 is 0 Å². The van der Waals surface area contributed by atoms with E-state index in [0.717, 1.165) is 5.56 Å². The van der Waals surface area contributed by atoms with Gasteiger partial charge in [0, 0.05) is 12.6 Å². The maximum atomic E-state index is 12.1. The summed E-state index contributed by atoms with van der Waals surface area (Å²) in [4.78, 5) is 12.1. The van der Waals surface area contributed by atoms with Gasteiger partial charge in [0.05, 0.1) is 18.7 Å². The molecule has 23 heavy (non-hydrogen) atoms. The number of nitrogens with zero attached hydrogens (tertiary/aromatic N) is 1. The number of benzene rings is 2. The van der Waals surface area contributed by atoms with Gasteiger partial charge < -0.3 is 14.8 Å². The lowest BCUT2D eigenvalue weighted by Crippen LogP contribution is -2.35. The van der Waals surface area contributed by atoms with Gasteiger partial charge in [-0.05, 0) is 24.6 Å². The zero-order valence-electron chi connectivity index (χ0n) is 13.1. The topological polar surface area (TPSA) is 71.3 Å². The maximum Gasteiger partial charge on any atom is 0.261 e. The Hall–Kier alpha value is -3.00. The molecule has 118 valence electrons. The normalized spacial score (nSPS) is 11.2. The maximum absolute atomic E-state index is 12.1. The van der Waals surface area contributed by atoms with Crippen molar-refractivity contribution in [3.63, 3.8) is 0 Å². The first-order valence-corrected chi connectivity index (χ1v) is 7.20. The van der Waals surface area contributed by atoms with Crippen LogP contribution in [0, 0.1) is 11.3 Å². The van der Waals surface area contributed by atoms with E-state index >= 15 is 0 Å². The van der Waals surface area contributed by atoms with Gasteiger partial charge >= 0.3 is 0 Å². The summed E-state index contributed by atoms with van der Waals surface area (Å²) in [6, 6.07) is 16.5. The molecule has 0 spiro atoms. The third-order valence-corrected chi connectivity index (χ3v) is 3.28. The Bertz CT molecular complexity index is 708. The molecule has 1 N–H and O–H groups in total. The standard InChI is InChI=1S/C18H18N2O3/c1-13(18(21)20-12-14-6-4-3-5-7-14)23-16-9-8-15(11-19)10-17(16)22-2/h3-10,13H,12H2,1-2H3,(H,20,21)/t13-/m0/s1. The van der Waals surface area contributed by atoms with E-state index in [1.54, 1.807) is 25.1 Å². The fraction of sp³-hybridized carbons (Fsp3) is 0.222. The third-order valence-electron chi connectivity index (χ3n) is 3.28. The molecule has 0 saturated heterocycles. The molecule has 1 amide bonds. The van der Waals surface area contributed by atoms with Crippen LogP contribution in [0.3, 0.4) is 0 Å². The lowest BCUT2D eigenvalue weighted by Gasteiger charge is -2.17. The smallest absolute Gasteiger partial charge is 0.261 e. The molecule has 0 aliphatic heterocycles. The van der Waals surface area contributed by atoms with Crippen molar-refractivity contribution < 1.29 is 14.3 Å². The van der Waals surface area contributed by atoms with Gasteiger partial charge in [0.1, 0.15) is 0 Å². The molecule has 2 rings (SSSR count). The molecule has 0 saturated carbocycles. The first kappa shape index (κ1) is 16.4. The van der Waals surface area contributed by atoms with E-state index in [1.807, 2.05) is 36.4 Å². The molecular weight excluding hydrogens is 292 g/mol. The fourth-order valence-corrected chi connectivity index (χ4v) is 2.01. The summed E-state index contributed by atoms with van der Waals surface area (Å²) in [7, 11) is 1.49. The van der Waals surface area contributed by atoms with Crippen LogP contribution in [0.15, 0.2) is 48.5 Å². The van der Waals surface area contributed by atoms with Gasteiger partial charge in [-0.1, -0.05) is 30.3 Å². The number of hydrogen-bond acceptors (Lipinski definition) is 4. The summed E-state index contributed by atoms with van der Waals surface area (Å²) in [6.07, 6.45) is -0.680. The molecule has 0 heterocycles. The second-order valence-corrected chi connectivity index (χ2v) is 4.94. The van der Waals surface area contributed by atoms with Crippen molar-refractivity contribution in [2.45, 2.75) is 19.6 Å². The molecule has 1 atom stereocenters. The molecule has 0 aliphatic rings. The Kier molecular flexibility index (Phi) is 5.59. The molecule has 2 aromatic carbocycles. The highest BCUT2D eigenvalue weighted by Gasteiger charge is 2.16. The van der Waals surface area contributed by atoms with E-state index in [2.05, 4.69) is 5.32 Å². The molecule has 0 aliphatic carbocycles. The van der Waals surface area contributed by atoms with Crippen molar-refractivity contribution in [1.82, 2.24) is 5.32 Å². The number of nitrogens with one attached hydrogen (secondary N) is 1. The third kappa shape index (κ3) is 4.48. The second kappa shape index (κ2) is 7.85. The quantitative estimate of drug-likeness (QED) is 0.890. The number of carbonyl (C=O) groups is 1. The van der Waals surface area contributed by atoms with E-state index in [4.69, 9.17) is 14.7 Å². The van der Waals surface area contributed by atoms with Crippen molar-refractivity contribution in [2.24, 2.45) is 0 Å². The van der Waals surface area contributed by atoms with E-state index < -0.39 is 6.10 Å². The number of amides is 1. The zero-order chi connectivity index (χ0) is 16.7. The van der Waals surface area contributed by atoms with Gasteiger partial charge in [0.2, 0.25) is 0 Å². The minimum atomic E-state index is -0.680. The van der Waals surface area contributed by atoms with Crippen molar-refractivity contribution in [3.8, 4) is 17.6 Å². The van der Waals surface area contributed by atoms with Crippen molar-refractivity contribution in [3.05, 3.63) is 59.7 Å². The Morgan fingerprint density at radius 1 is 1.22 bits per heavy atom. The lowest BCUT2D eigenvalue weighted by molar-refractivity contribution is -0.127. The molecule has 0 radical (unpaired) electrons. The van der Waals surface area contributed by atoms with Gasteiger partial charge in [0.25, 0.3) is 5.91 Å². The minimum Gasteiger partial charge on any atom is -0.493 e. The van der Waals surface area contributed by atoms with Crippen molar-refractivity contribution in [1.29, 1.82) is 5.26 Å². The zero-order valence-corrected chi connectivity index (χ0v) is 13.1. The van der Waals surface area contributed by atoms with Gasteiger partial charge in [0.15, 0.2) is 17.6 Å². The molecule has 5 nitrogen and oxygen atoms in total. The number of hydrogen-bond donors (Lipinski definition) is 1. The van der Waals surface area contributed by atoms with Crippen LogP contribution in [0.5, 0.6) is 11.5 Å². The predicted octanol–water partition coefficient (Wildman–Crippen LogP) is 2.65. The van der Waals surface area contributed by atoms with E-state index in [0.29, 0.717) is 23.6 Å². The highest BCUT2D eigenvalue weighted by atomic mass is 16.5. The van der Waals surface area contributed by atoms with E-state index in [9.17, 15) is 4.79 Å². The highest BCUT2D eigenvalue weighted by Crippen LogP contribution is 2.28. The van der Waals surface area contributed by atoms with Crippen LogP contribution in [0.2, 0.25) is 0 Å². The summed E-state index contributed by atoms with van der Waals surface area (Å²) in [5.41, 5.74) is 1.49. The SMILES string of the molecule is COc1cc(C#N)ccc1O[C@@H](C)C(=O)NCc1ccccc1. The molecule has 5 heteroatoms. The first-order chi connectivity index (χ1) is 11.1. The molecular formula is C18H18N2O3. The Balaban J connectivity index is 1.97. The van der Waals surface area contributed by atoms with Crippen molar-refractivity contribution in [2.75, 3.05) is 7.11 Å². The summed E-state index contributed by atoms with van der Waals surface area (Å²) >= 11 is 0. The molecule has 0 fully saturated rings. The van der Waals surface area contributed by atoms with Crippen LogP contribution in [0.1, 0.15) is 18.1 Å². The summed E-state index contributed by atoms with van der Waals surface area (Å²) < 4.78 is 10.8. The van der Waals surface area contributed by atoms with E-state index in [1.165, 1.54) is 7.11 Å². The summed E-state index contributed by atoms with van der Waals surface area (Å²) in [6.45, 7) is 2.11. The largest absolute Gasteiger partial charge is 0.493 e. The van der Waals surface area contributed by atoms with Crippen LogP contribution in [0.4, 0.5) is 0 Å². The average molecular weight is 310 g/mol. The first-order valence-electron chi connectivity index (χ1n) is 7.20. The van der Waals surface area contributed by atoms with Crippen LogP contribution in [-0.4, -0.2) is 19.1 Å². The number of methoxy groups -OCH3 is 1. The van der Waals surface area contributed by atoms with Crippen molar-refractivity contribution >= 4 is 5.91 Å². The van der Waals surface area contributed by atoms with Gasteiger partial charge in [-0.25, -0.2) is 0 Å². The fourth-order valence-electron chi connectivity index (χ4n) is 2.01. The molecule has 2 aromatic rings. The monoisotopic (exact) mass is 310 g/mol. The van der Waals surface area contributed by atoms with Gasteiger partial charge in [-0.15, -0.1) is 0 Å². The number of ether oxygens (including phenoxy) is 2. The minimum absolute atomic E-state index is 0.222. The second-order valence-electron chi connectivity index (χ2n) is 4.94. The average Bonchev–Trinajstić information content (AvgIpc) is 2.60. The Labute approximate surface area is 135 Å². The van der Waals surface area contributed by atoms with Crippen LogP contribution < -0.4 is 14.8 Å². The van der Waals surface area contributed by atoms with E-state index in [-0.39, 0.29) is 5.91 Å². The Morgan fingerprint density at radius 2 is 1.96 bits per heavy atom. The highest BCUT2D eigenvalue weighted by molar-refractivity contribution is 5.80. The lowest BCUT2D eigenvalue weighted by atomic mass is 10.2. The summed E-state index contributed by atoms with van der Waals surface area (Å²) in [5, 5.41) is 11.7. The Morgan fingerprint density at radius 3 is 2.61 bits per heavy atom. The summed E-state index contributed by atoms with van der Waals surface area (Å²) in [5.74, 6) is 0.626.